The first kappa shape index (κ1) is 19.8. The molecule has 0 spiro atoms. The van der Waals surface area contributed by atoms with Crippen molar-refractivity contribution < 1.29 is 14.4 Å². The lowest BCUT2D eigenvalue weighted by Crippen LogP contribution is -2.52. The van der Waals surface area contributed by atoms with E-state index in [9.17, 15) is 14.4 Å². The molecule has 8 heteroatoms. The Morgan fingerprint density at radius 3 is 2.57 bits per heavy atom. The SMILES string of the molecule is CC.Cn1nc(-c2cccc3c2CN(C2CCC(=O)NC2=O)C3=O)cc1CN. The Labute approximate surface area is 163 Å². The largest absolute Gasteiger partial charge is 0.325 e. The maximum atomic E-state index is 12.9. The molecule has 8 nitrogen and oxygen atoms in total. The van der Waals surface area contributed by atoms with Gasteiger partial charge in [-0.05, 0) is 24.1 Å². The molecule has 0 bridgehead atoms. The molecule has 0 aliphatic carbocycles. The van der Waals surface area contributed by atoms with Gasteiger partial charge in [-0.1, -0.05) is 26.0 Å². The van der Waals surface area contributed by atoms with E-state index in [2.05, 4.69) is 10.4 Å². The van der Waals surface area contributed by atoms with Gasteiger partial charge in [0.25, 0.3) is 5.91 Å². The molecule has 1 saturated heterocycles. The fraction of sp³-hybridized carbons (Fsp3) is 0.400. The van der Waals surface area contributed by atoms with Crippen molar-refractivity contribution in [2.75, 3.05) is 0 Å². The molecule has 28 heavy (non-hydrogen) atoms. The molecule has 1 aromatic carbocycles. The van der Waals surface area contributed by atoms with Crippen molar-refractivity contribution in [2.45, 2.75) is 45.8 Å². The lowest BCUT2D eigenvalue weighted by atomic mass is 10.0. The molecule has 148 valence electrons. The van der Waals surface area contributed by atoms with E-state index in [1.165, 1.54) is 0 Å². The van der Waals surface area contributed by atoms with Gasteiger partial charge in [0.2, 0.25) is 11.8 Å². The number of aromatic nitrogens is 2. The molecule has 3 amide bonds. The van der Waals surface area contributed by atoms with Crippen LogP contribution in [0.4, 0.5) is 0 Å². The Morgan fingerprint density at radius 1 is 1.21 bits per heavy atom. The van der Waals surface area contributed by atoms with Gasteiger partial charge in [-0.2, -0.15) is 5.10 Å². The number of hydrogen-bond donors (Lipinski definition) is 2. The van der Waals surface area contributed by atoms with Crippen molar-refractivity contribution in [3.05, 3.63) is 41.1 Å². The number of nitrogens with zero attached hydrogens (tertiary/aromatic N) is 3. The zero-order valence-corrected chi connectivity index (χ0v) is 16.4. The first-order valence-electron chi connectivity index (χ1n) is 9.49. The Hall–Kier alpha value is -3.00. The highest BCUT2D eigenvalue weighted by atomic mass is 16.2. The first-order valence-corrected chi connectivity index (χ1v) is 9.49. The fourth-order valence-electron chi connectivity index (χ4n) is 3.65. The number of piperidine rings is 1. The van der Waals surface area contributed by atoms with Gasteiger partial charge in [0, 0.05) is 37.7 Å². The summed E-state index contributed by atoms with van der Waals surface area (Å²) in [4.78, 5) is 37.9. The van der Waals surface area contributed by atoms with Crippen molar-refractivity contribution in [3.63, 3.8) is 0 Å². The van der Waals surface area contributed by atoms with Crippen LogP contribution >= 0.6 is 0 Å². The van der Waals surface area contributed by atoms with Gasteiger partial charge < -0.3 is 10.6 Å². The smallest absolute Gasteiger partial charge is 0.255 e. The summed E-state index contributed by atoms with van der Waals surface area (Å²) in [7, 11) is 1.83. The molecule has 1 fully saturated rings. The fourth-order valence-corrected chi connectivity index (χ4v) is 3.65. The monoisotopic (exact) mass is 383 g/mol. The summed E-state index contributed by atoms with van der Waals surface area (Å²) in [6.45, 7) is 4.70. The Balaban J connectivity index is 0.00000109. The number of amides is 3. The zero-order chi connectivity index (χ0) is 20.4. The van der Waals surface area contributed by atoms with Crippen LogP contribution in [0.25, 0.3) is 11.3 Å². The number of nitrogens with two attached hydrogens (primary N) is 1. The third-order valence-corrected chi connectivity index (χ3v) is 5.04. The van der Waals surface area contributed by atoms with Crippen molar-refractivity contribution in [3.8, 4) is 11.3 Å². The summed E-state index contributed by atoms with van der Waals surface area (Å²) >= 11 is 0. The highest BCUT2D eigenvalue weighted by Crippen LogP contribution is 2.34. The van der Waals surface area contributed by atoms with E-state index in [-0.39, 0.29) is 18.2 Å². The molecule has 0 radical (unpaired) electrons. The van der Waals surface area contributed by atoms with Crippen LogP contribution in [0, 0.1) is 0 Å². The molecule has 2 aliphatic rings. The van der Waals surface area contributed by atoms with Gasteiger partial charge in [0.05, 0.1) is 11.4 Å². The predicted molar refractivity (Wildman–Crippen MR) is 104 cm³/mol. The van der Waals surface area contributed by atoms with Gasteiger partial charge in [-0.3, -0.25) is 24.4 Å². The Bertz CT molecular complexity index is 934. The molecule has 4 rings (SSSR count). The number of rotatable bonds is 3. The zero-order valence-electron chi connectivity index (χ0n) is 16.4. The lowest BCUT2D eigenvalue weighted by Gasteiger charge is -2.29. The van der Waals surface area contributed by atoms with Crippen LogP contribution < -0.4 is 11.1 Å². The molecule has 1 unspecified atom stereocenters. The summed E-state index contributed by atoms with van der Waals surface area (Å²) in [5, 5.41) is 6.82. The second kappa shape index (κ2) is 7.93. The maximum Gasteiger partial charge on any atom is 0.255 e. The highest BCUT2D eigenvalue weighted by Gasteiger charge is 2.40. The van der Waals surface area contributed by atoms with Crippen molar-refractivity contribution in [2.24, 2.45) is 12.8 Å². The van der Waals surface area contributed by atoms with Gasteiger partial charge in [0.1, 0.15) is 6.04 Å². The minimum absolute atomic E-state index is 0.189. The van der Waals surface area contributed by atoms with E-state index in [1.807, 2.05) is 39.1 Å². The third-order valence-electron chi connectivity index (χ3n) is 5.04. The molecule has 1 atom stereocenters. The summed E-state index contributed by atoms with van der Waals surface area (Å²) in [5.74, 6) is -0.891. The molecule has 2 aliphatic heterocycles. The van der Waals surface area contributed by atoms with E-state index in [4.69, 9.17) is 5.73 Å². The topological polar surface area (TPSA) is 110 Å². The highest BCUT2D eigenvalue weighted by molar-refractivity contribution is 6.06. The van der Waals surface area contributed by atoms with Crippen LogP contribution in [-0.2, 0) is 29.7 Å². The standard InChI is InChI=1S/C18H19N5O3.C2H6/c1-22-10(8-19)7-14(21-22)11-3-2-4-12-13(11)9-23(18(12)26)15-5-6-16(24)20-17(15)25;1-2/h2-4,7,15H,5-6,8-9,19H2,1H3,(H,20,24,25);1-2H3. The number of fused-ring (bicyclic) bond motifs is 1. The van der Waals surface area contributed by atoms with E-state index < -0.39 is 11.9 Å². The van der Waals surface area contributed by atoms with Crippen molar-refractivity contribution >= 4 is 17.7 Å². The van der Waals surface area contributed by atoms with Crippen LogP contribution in [0.1, 0.15) is 48.3 Å². The summed E-state index contributed by atoms with van der Waals surface area (Å²) < 4.78 is 1.73. The van der Waals surface area contributed by atoms with Gasteiger partial charge in [0.15, 0.2) is 0 Å². The van der Waals surface area contributed by atoms with Crippen molar-refractivity contribution in [1.82, 2.24) is 20.0 Å². The number of imide groups is 1. The number of carbonyl (C=O) groups is 3. The predicted octanol–water partition coefficient (Wildman–Crippen LogP) is 1.33. The first-order chi connectivity index (χ1) is 13.5. The Kier molecular flexibility index (Phi) is 5.60. The average molecular weight is 383 g/mol. The van der Waals surface area contributed by atoms with E-state index in [1.54, 1.807) is 15.6 Å². The van der Waals surface area contributed by atoms with E-state index >= 15 is 0 Å². The van der Waals surface area contributed by atoms with Crippen LogP contribution in [0.3, 0.4) is 0 Å². The normalized spacial score (nSPS) is 18.5. The van der Waals surface area contributed by atoms with Crippen LogP contribution in [0.5, 0.6) is 0 Å². The van der Waals surface area contributed by atoms with Gasteiger partial charge in [-0.15, -0.1) is 0 Å². The van der Waals surface area contributed by atoms with Gasteiger partial charge in [-0.25, -0.2) is 0 Å². The Morgan fingerprint density at radius 2 is 1.93 bits per heavy atom. The number of nitrogens with one attached hydrogen (secondary N) is 1. The average Bonchev–Trinajstić information content (AvgIpc) is 3.23. The molecular weight excluding hydrogens is 358 g/mol. The van der Waals surface area contributed by atoms with E-state index in [0.717, 1.165) is 22.5 Å². The second-order valence-corrected chi connectivity index (χ2v) is 6.58. The van der Waals surface area contributed by atoms with E-state index in [0.29, 0.717) is 25.1 Å². The quantitative estimate of drug-likeness (QED) is 0.777. The van der Waals surface area contributed by atoms with Crippen LogP contribution in [0.15, 0.2) is 24.3 Å². The second-order valence-electron chi connectivity index (χ2n) is 6.58. The van der Waals surface area contributed by atoms with Crippen molar-refractivity contribution in [1.29, 1.82) is 0 Å². The third kappa shape index (κ3) is 3.31. The summed E-state index contributed by atoms with van der Waals surface area (Å²) in [6, 6.07) is 6.79. The lowest BCUT2D eigenvalue weighted by molar-refractivity contribution is -0.136. The number of benzene rings is 1. The number of hydrogen-bond acceptors (Lipinski definition) is 5. The maximum absolute atomic E-state index is 12.9. The molecule has 1 aromatic heterocycles. The molecule has 2 aromatic rings. The van der Waals surface area contributed by atoms with Gasteiger partial charge >= 0.3 is 0 Å². The minimum atomic E-state index is -0.621. The number of aryl methyl sites for hydroxylation is 1. The summed E-state index contributed by atoms with van der Waals surface area (Å²) in [5.41, 5.74) is 9.66. The molecule has 3 heterocycles. The summed E-state index contributed by atoms with van der Waals surface area (Å²) in [6.07, 6.45) is 0.587. The molecule has 3 N–H and O–H groups in total. The van der Waals surface area contributed by atoms with Crippen LogP contribution in [0.2, 0.25) is 0 Å². The van der Waals surface area contributed by atoms with Crippen LogP contribution in [-0.4, -0.2) is 38.4 Å². The number of carbonyl (C=O) groups excluding carboxylic acids is 3. The minimum Gasteiger partial charge on any atom is -0.325 e. The molecular formula is C20H25N5O3. The molecule has 0 saturated carbocycles.